The molecule has 0 aromatic heterocycles. The quantitative estimate of drug-likeness (QED) is 0.466. The highest BCUT2D eigenvalue weighted by Gasteiger charge is 2.20. The fourth-order valence-corrected chi connectivity index (χ4v) is 1.36. The highest BCUT2D eigenvalue weighted by Crippen LogP contribution is 2.19. The average Bonchev–Trinajstić information content (AvgIpc) is 2.31. The molecular formula is C5H8N2O3S. The molecule has 1 rings (SSSR count). The van der Waals surface area contributed by atoms with Crippen molar-refractivity contribution in [3.63, 3.8) is 0 Å². The van der Waals surface area contributed by atoms with Crippen LogP contribution in [0.5, 0.6) is 0 Å². The molecule has 0 aliphatic carbocycles. The van der Waals surface area contributed by atoms with Crippen LogP contribution in [0.25, 0.3) is 0 Å². The molecule has 0 aromatic carbocycles. The summed E-state index contributed by atoms with van der Waals surface area (Å²) in [6.07, 6.45) is -1.00. The molecule has 0 radical (unpaired) electrons. The molecule has 1 amide bonds. The van der Waals surface area contributed by atoms with Crippen molar-refractivity contribution in [3.05, 3.63) is 0 Å². The van der Waals surface area contributed by atoms with Gasteiger partial charge in [-0.2, -0.15) is 0 Å². The van der Waals surface area contributed by atoms with Crippen LogP contribution >= 0.6 is 11.8 Å². The summed E-state index contributed by atoms with van der Waals surface area (Å²) < 4.78 is 5.10. The molecule has 1 unspecified atom stereocenters. The maximum atomic E-state index is 10.1. The maximum absolute atomic E-state index is 10.1. The summed E-state index contributed by atoms with van der Waals surface area (Å²) in [6.45, 7) is 1.82. The van der Waals surface area contributed by atoms with Gasteiger partial charge in [-0.3, -0.25) is 4.84 Å². The Hall–Kier alpha value is -0.750. The Labute approximate surface area is 67.9 Å². The second-order valence-corrected chi connectivity index (χ2v) is 2.85. The smallest absolute Gasteiger partial charge is 0.361 e. The number of hydrogen-bond donors (Lipinski definition) is 1. The van der Waals surface area contributed by atoms with Crippen LogP contribution in [0.3, 0.4) is 0 Å². The van der Waals surface area contributed by atoms with Gasteiger partial charge in [-0.15, -0.1) is 0 Å². The number of amides is 1. The van der Waals surface area contributed by atoms with Crippen LogP contribution in [0.2, 0.25) is 0 Å². The number of rotatable bonds is 1. The lowest BCUT2D eigenvalue weighted by atomic mass is 10.4. The second kappa shape index (κ2) is 3.59. The van der Waals surface area contributed by atoms with Crippen molar-refractivity contribution in [3.8, 4) is 0 Å². The summed E-state index contributed by atoms with van der Waals surface area (Å²) in [5.74, 6) is 0.544. The van der Waals surface area contributed by atoms with Gasteiger partial charge in [-0.1, -0.05) is 16.9 Å². The van der Waals surface area contributed by atoms with Gasteiger partial charge in [0, 0.05) is 0 Å². The van der Waals surface area contributed by atoms with Crippen LogP contribution in [0.1, 0.15) is 6.92 Å². The number of nitrogens with zero attached hydrogens (tertiary/aromatic N) is 1. The molecule has 1 aliphatic rings. The Kier molecular flexibility index (Phi) is 2.72. The van der Waals surface area contributed by atoms with Crippen molar-refractivity contribution in [1.29, 1.82) is 0 Å². The molecule has 11 heavy (non-hydrogen) atoms. The van der Waals surface area contributed by atoms with Crippen molar-refractivity contribution < 1.29 is 14.4 Å². The number of nitrogens with two attached hydrogens (primary N) is 1. The second-order valence-electron chi connectivity index (χ2n) is 1.91. The fourth-order valence-electron chi connectivity index (χ4n) is 0.576. The van der Waals surface area contributed by atoms with Crippen LogP contribution in [-0.4, -0.2) is 23.2 Å². The summed E-state index contributed by atoms with van der Waals surface area (Å²) in [5.41, 5.74) is 4.70. The molecule has 2 N–H and O–H groups in total. The Balaban J connectivity index is 2.45. The van der Waals surface area contributed by atoms with Crippen molar-refractivity contribution in [2.45, 2.75) is 13.0 Å². The third kappa shape index (κ3) is 2.39. The molecule has 0 bridgehead atoms. The van der Waals surface area contributed by atoms with Gasteiger partial charge in [0.25, 0.3) is 0 Å². The molecule has 0 spiro atoms. The first kappa shape index (κ1) is 8.35. The normalized spacial score (nSPS) is 27.4. The lowest BCUT2D eigenvalue weighted by Gasteiger charge is -1.98. The van der Waals surface area contributed by atoms with Gasteiger partial charge < -0.3 is 10.5 Å². The molecule has 62 valence electrons. The molecule has 5 nitrogen and oxygen atoms in total. The van der Waals surface area contributed by atoms with E-state index < -0.39 is 6.09 Å². The Morgan fingerprint density at radius 3 is 3.18 bits per heavy atom. The Morgan fingerprint density at radius 1 is 2.00 bits per heavy atom. The topological polar surface area (TPSA) is 73.9 Å². The number of carbonyl (C=O) groups is 1. The third-order valence-electron chi connectivity index (χ3n) is 1.10. The number of thioether (sulfide) groups is 1. The summed E-state index contributed by atoms with van der Waals surface area (Å²) >= 11 is 1.39. The molecule has 0 saturated carbocycles. The van der Waals surface area contributed by atoms with Gasteiger partial charge in [0.15, 0.2) is 0 Å². The highest BCUT2D eigenvalue weighted by molar-refractivity contribution is 8.14. The highest BCUT2D eigenvalue weighted by atomic mass is 32.2. The van der Waals surface area contributed by atoms with Crippen molar-refractivity contribution >= 4 is 22.9 Å². The fraction of sp³-hybridized carbons (Fsp3) is 0.600. The lowest BCUT2D eigenvalue weighted by molar-refractivity contribution is 0.150. The molecule has 6 heteroatoms. The van der Waals surface area contributed by atoms with E-state index >= 15 is 0 Å². The van der Waals surface area contributed by atoms with E-state index in [4.69, 9.17) is 10.5 Å². The van der Waals surface area contributed by atoms with Gasteiger partial charge in [-0.25, -0.2) is 4.79 Å². The van der Waals surface area contributed by atoms with Crippen LogP contribution in [0, 0.1) is 0 Å². The van der Waals surface area contributed by atoms with E-state index in [-0.39, 0.29) is 6.10 Å². The van der Waals surface area contributed by atoms with Crippen LogP contribution < -0.4 is 5.73 Å². The third-order valence-corrected chi connectivity index (χ3v) is 2.05. The average molecular weight is 176 g/mol. The Morgan fingerprint density at radius 2 is 2.73 bits per heavy atom. The van der Waals surface area contributed by atoms with E-state index in [1.54, 1.807) is 0 Å². The van der Waals surface area contributed by atoms with E-state index in [2.05, 4.69) is 9.99 Å². The first-order valence-electron chi connectivity index (χ1n) is 2.99. The zero-order valence-electron chi connectivity index (χ0n) is 5.94. The van der Waals surface area contributed by atoms with E-state index in [0.29, 0.717) is 11.0 Å². The van der Waals surface area contributed by atoms with Gasteiger partial charge in [0.05, 0.1) is 5.94 Å². The van der Waals surface area contributed by atoms with Gasteiger partial charge >= 0.3 is 6.09 Å². The van der Waals surface area contributed by atoms with Crippen LogP contribution in [0.15, 0.2) is 5.16 Å². The SMILES string of the molecule is CC1OCS/C1=N\OC(N)=O. The summed E-state index contributed by atoms with van der Waals surface area (Å²) in [6, 6.07) is 0. The number of primary amides is 1. The lowest BCUT2D eigenvalue weighted by Crippen LogP contribution is -2.13. The molecule has 1 atom stereocenters. The number of carbonyl (C=O) groups excluding carboxylic acids is 1. The molecule has 0 aromatic rings. The molecule has 1 heterocycles. The summed E-state index contributed by atoms with van der Waals surface area (Å²) in [7, 11) is 0. The van der Waals surface area contributed by atoms with Gasteiger partial charge in [0.2, 0.25) is 0 Å². The first-order chi connectivity index (χ1) is 5.20. The maximum Gasteiger partial charge on any atom is 0.430 e. The molecular weight excluding hydrogens is 168 g/mol. The zero-order chi connectivity index (χ0) is 8.27. The summed E-state index contributed by atoms with van der Waals surface area (Å²) in [5, 5.41) is 4.13. The number of hydrogen-bond acceptors (Lipinski definition) is 5. The largest absolute Gasteiger partial charge is 0.430 e. The van der Waals surface area contributed by atoms with E-state index in [1.807, 2.05) is 6.92 Å². The predicted octanol–water partition coefficient (Wildman–Crippen LogP) is 0.505. The minimum atomic E-state index is -0.905. The van der Waals surface area contributed by atoms with Crippen molar-refractivity contribution in [2.24, 2.45) is 10.9 Å². The van der Waals surface area contributed by atoms with Gasteiger partial charge in [-0.05, 0) is 6.92 Å². The standard InChI is InChI=1S/C5H8N2O3S/c1-3-4(11-2-9-3)7-10-5(6)8/h3H,2H2,1H3,(H2,6,8)/b7-4-. The monoisotopic (exact) mass is 176 g/mol. The zero-order valence-corrected chi connectivity index (χ0v) is 6.76. The minimum absolute atomic E-state index is 0.0978. The predicted molar refractivity (Wildman–Crippen MR) is 41.1 cm³/mol. The molecule has 1 saturated heterocycles. The van der Waals surface area contributed by atoms with E-state index in [0.717, 1.165) is 0 Å². The van der Waals surface area contributed by atoms with Crippen molar-refractivity contribution in [1.82, 2.24) is 0 Å². The van der Waals surface area contributed by atoms with E-state index in [9.17, 15) is 4.79 Å². The minimum Gasteiger partial charge on any atom is -0.361 e. The molecule has 1 fully saturated rings. The van der Waals surface area contributed by atoms with E-state index in [1.165, 1.54) is 11.8 Å². The number of ether oxygens (including phenoxy) is 1. The first-order valence-corrected chi connectivity index (χ1v) is 3.97. The van der Waals surface area contributed by atoms with Crippen LogP contribution in [0.4, 0.5) is 4.79 Å². The van der Waals surface area contributed by atoms with Crippen molar-refractivity contribution in [2.75, 3.05) is 5.94 Å². The Bertz CT molecular complexity index is 194. The van der Waals surface area contributed by atoms with Crippen LogP contribution in [-0.2, 0) is 9.57 Å². The number of oxime groups is 1. The summed E-state index contributed by atoms with van der Waals surface area (Å²) in [4.78, 5) is 14.3. The van der Waals surface area contributed by atoms with Gasteiger partial charge in [0.1, 0.15) is 11.1 Å². The molecule has 1 aliphatic heterocycles.